The molecule has 0 saturated carbocycles. The molecule has 2 heterocycles. The van der Waals surface area contributed by atoms with E-state index in [1.165, 1.54) is 22.9 Å². The number of para-hydroxylation sites is 1. The molecule has 2 aromatic heterocycles. The van der Waals surface area contributed by atoms with Crippen LogP contribution in [0, 0.1) is 6.92 Å². The van der Waals surface area contributed by atoms with E-state index in [0.717, 1.165) is 11.4 Å². The Balaban J connectivity index is 1.70. The highest BCUT2D eigenvalue weighted by molar-refractivity contribution is 7.98. The molecule has 0 radical (unpaired) electrons. The summed E-state index contributed by atoms with van der Waals surface area (Å²) in [5, 5.41) is 5.41. The molecule has 0 saturated heterocycles. The standard InChI is InChI=1S/C19H16N4OS/c1-13-6-5-7-14(10-13)12-25-19-21-17-16(18(24)22-19)11-20-23(17)15-8-3-2-4-9-15/h2-11H,12H2,1H3,(H,21,22,24). The number of thioether (sulfide) groups is 1. The topological polar surface area (TPSA) is 63.6 Å². The lowest BCUT2D eigenvalue weighted by molar-refractivity contribution is 0.873. The quantitative estimate of drug-likeness (QED) is 0.451. The van der Waals surface area contributed by atoms with Gasteiger partial charge in [-0.25, -0.2) is 9.67 Å². The fraction of sp³-hybridized carbons (Fsp3) is 0.105. The van der Waals surface area contributed by atoms with Gasteiger partial charge in [0.05, 0.1) is 11.9 Å². The molecular weight excluding hydrogens is 332 g/mol. The summed E-state index contributed by atoms with van der Waals surface area (Å²) in [7, 11) is 0. The number of hydrogen-bond acceptors (Lipinski definition) is 4. The first-order chi connectivity index (χ1) is 12.2. The van der Waals surface area contributed by atoms with Gasteiger partial charge in [0.2, 0.25) is 0 Å². The van der Waals surface area contributed by atoms with Gasteiger partial charge in [-0.2, -0.15) is 5.10 Å². The van der Waals surface area contributed by atoms with E-state index in [2.05, 4.69) is 40.2 Å². The van der Waals surface area contributed by atoms with Crippen molar-refractivity contribution in [3.8, 4) is 5.69 Å². The molecular formula is C19H16N4OS. The minimum atomic E-state index is -0.168. The van der Waals surface area contributed by atoms with Gasteiger partial charge in [-0.15, -0.1) is 0 Å². The number of nitrogens with one attached hydrogen (secondary N) is 1. The van der Waals surface area contributed by atoms with Crippen molar-refractivity contribution in [2.24, 2.45) is 0 Å². The molecule has 0 bridgehead atoms. The second kappa shape index (κ2) is 6.57. The zero-order chi connectivity index (χ0) is 17.2. The Hall–Kier alpha value is -2.86. The highest BCUT2D eigenvalue weighted by Crippen LogP contribution is 2.21. The molecule has 1 N–H and O–H groups in total. The molecule has 0 aliphatic rings. The molecule has 0 fully saturated rings. The Bertz CT molecular complexity index is 1090. The summed E-state index contributed by atoms with van der Waals surface area (Å²) in [6.45, 7) is 2.07. The van der Waals surface area contributed by atoms with Crippen LogP contribution in [0.3, 0.4) is 0 Å². The van der Waals surface area contributed by atoms with E-state index in [-0.39, 0.29) is 5.56 Å². The third-order valence-corrected chi connectivity index (χ3v) is 4.82. The largest absolute Gasteiger partial charge is 0.301 e. The van der Waals surface area contributed by atoms with E-state index in [4.69, 9.17) is 0 Å². The number of aryl methyl sites for hydroxylation is 1. The van der Waals surface area contributed by atoms with Crippen LogP contribution in [0.15, 0.2) is 70.7 Å². The van der Waals surface area contributed by atoms with Crippen molar-refractivity contribution in [3.05, 3.63) is 82.3 Å². The molecule has 0 spiro atoms. The number of H-pyrrole nitrogens is 1. The van der Waals surface area contributed by atoms with Crippen molar-refractivity contribution in [2.75, 3.05) is 0 Å². The number of nitrogens with zero attached hydrogens (tertiary/aromatic N) is 3. The molecule has 124 valence electrons. The minimum Gasteiger partial charge on any atom is -0.301 e. The van der Waals surface area contributed by atoms with Crippen LogP contribution in [-0.2, 0) is 5.75 Å². The molecule has 0 atom stereocenters. The van der Waals surface area contributed by atoms with E-state index >= 15 is 0 Å². The first-order valence-corrected chi connectivity index (χ1v) is 8.91. The monoisotopic (exact) mass is 348 g/mol. The van der Waals surface area contributed by atoms with Gasteiger partial charge in [0, 0.05) is 5.75 Å². The van der Waals surface area contributed by atoms with Crippen LogP contribution in [0.2, 0.25) is 0 Å². The Morgan fingerprint density at radius 3 is 2.76 bits per heavy atom. The van der Waals surface area contributed by atoms with Crippen LogP contribution in [0.4, 0.5) is 0 Å². The predicted molar refractivity (Wildman–Crippen MR) is 100 cm³/mol. The Labute approximate surface area is 148 Å². The minimum absolute atomic E-state index is 0.168. The Morgan fingerprint density at radius 1 is 1.12 bits per heavy atom. The predicted octanol–water partition coefficient (Wildman–Crippen LogP) is 3.71. The van der Waals surface area contributed by atoms with Crippen molar-refractivity contribution in [1.82, 2.24) is 19.7 Å². The summed E-state index contributed by atoms with van der Waals surface area (Å²) < 4.78 is 1.70. The van der Waals surface area contributed by atoms with Crippen LogP contribution < -0.4 is 5.56 Å². The van der Waals surface area contributed by atoms with Gasteiger partial charge in [-0.1, -0.05) is 59.8 Å². The Morgan fingerprint density at radius 2 is 1.96 bits per heavy atom. The molecule has 0 amide bonds. The van der Waals surface area contributed by atoms with Crippen LogP contribution in [0.1, 0.15) is 11.1 Å². The molecule has 2 aromatic carbocycles. The molecule has 4 rings (SSSR count). The molecule has 0 aliphatic heterocycles. The van der Waals surface area contributed by atoms with Gasteiger partial charge >= 0.3 is 0 Å². The maximum Gasteiger partial charge on any atom is 0.262 e. The van der Waals surface area contributed by atoms with Crippen LogP contribution in [0.25, 0.3) is 16.7 Å². The summed E-state index contributed by atoms with van der Waals surface area (Å²) in [5.74, 6) is 0.746. The van der Waals surface area contributed by atoms with Gasteiger partial charge in [-0.3, -0.25) is 4.79 Å². The highest BCUT2D eigenvalue weighted by atomic mass is 32.2. The van der Waals surface area contributed by atoms with E-state index in [0.29, 0.717) is 16.2 Å². The third kappa shape index (κ3) is 3.21. The number of benzene rings is 2. The first-order valence-electron chi connectivity index (χ1n) is 7.92. The highest BCUT2D eigenvalue weighted by Gasteiger charge is 2.11. The smallest absolute Gasteiger partial charge is 0.262 e. The second-order valence-electron chi connectivity index (χ2n) is 5.78. The normalized spacial score (nSPS) is 11.1. The third-order valence-electron chi connectivity index (χ3n) is 3.88. The van der Waals surface area contributed by atoms with Crippen LogP contribution in [0.5, 0.6) is 0 Å². The average molecular weight is 348 g/mol. The number of aromatic nitrogens is 4. The van der Waals surface area contributed by atoms with E-state index in [1.54, 1.807) is 10.9 Å². The van der Waals surface area contributed by atoms with E-state index in [9.17, 15) is 4.79 Å². The molecule has 0 unspecified atom stereocenters. The zero-order valence-corrected chi connectivity index (χ0v) is 14.5. The van der Waals surface area contributed by atoms with Crippen molar-refractivity contribution in [1.29, 1.82) is 0 Å². The maximum atomic E-state index is 12.3. The fourth-order valence-corrected chi connectivity index (χ4v) is 3.48. The summed E-state index contributed by atoms with van der Waals surface area (Å²) in [5.41, 5.74) is 3.70. The molecule has 25 heavy (non-hydrogen) atoms. The molecule has 4 aromatic rings. The first kappa shape index (κ1) is 15.7. The number of aromatic amines is 1. The number of fused-ring (bicyclic) bond motifs is 1. The van der Waals surface area contributed by atoms with Crippen LogP contribution in [-0.4, -0.2) is 19.7 Å². The lowest BCUT2D eigenvalue weighted by atomic mass is 10.2. The number of rotatable bonds is 4. The van der Waals surface area contributed by atoms with E-state index < -0.39 is 0 Å². The van der Waals surface area contributed by atoms with Crippen molar-refractivity contribution < 1.29 is 0 Å². The van der Waals surface area contributed by atoms with Gasteiger partial charge in [-0.05, 0) is 24.6 Å². The van der Waals surface area contributed by atoms with Crippen molar-refractivity contribution >= 4 is 22.8 Å². The molecule has 6 heteroatoms. The van der Waals surface area contributed by atoms with Crippen molar-refractivity contribution in [3.63, 3.8) is 0 Å². The lowest BCUT2D eigenvalue weighted by Gasteiger charge is -2.05. The number of hydrogen-bond donors (Lipinski definition) is 1. The summed E-state index contributed by atoms with van der Waals surface area (Å²) in [6, 6.07) is 18.0. The molecule has 0 aliphatic carbocycles. The van der Waals surface area contributed by atoms with Gasteiger partial charge < -0.3 is 4.98 Å². The fourth-order valence-electron chi connectivity index (χ4n) is 2.68. The van der Waals surface area contributed by atoms with E-state index in [1.807, 2.05) is 36.4 Å². The summed E-state index contributed by atoms with van der Waals surface area (Å²) in [4.78, 5) is 19.8. The second-order valence-corrected chi connectivity index (χ2v) is 6.74. The van der Waals surface area contributed by atoms with Crippen LogP contribution >= 0.6 is 11.8 Å². The van der Waals surface area contributed by atoms with Gasteiger partial charge in [0.1, 0.15) is 5.39 Å². The zero-order valence-electron chi connectivity index (χ0n) is 13.6. The van der Waals surface area contributed by atoms with Gasteiger partial charge in [0.15, 0.2) is 10.8 Å². The maximum absolute atomic E-state index is 12.3. The lowest BCUT2D eigenvalue weighted by Crippen LogP contribution is -2.09. The molecule has 5 nitrogen and oxygen atoms in total. The summed E-state index contributed by atoms with van der Waals surface area (Å²) >= 11 is 1.51. The summed E-state index contributed by atoms with van der Waals surface area (Å²) in [6.07, 6.45) is 1.56. The van der Waals surface area contributed by atoms with Crippen molar-refractivity contribution in [2.45, 2.75) is 17.8 Å². The average Bonchev–Trinajstić information content (AvgIpc) is 3.05. The SMILES string of the molecule is Cc1cccc(CSc2nc3c(cnn3-c3ccccc3)c(=O)[nH]2)c1. The Kier molecular flexibility index (Phi) is 4.11. The van der Waals surface area contributed by atoms with Gasteiger partial charge in [0.25, 0.3) is 5.56 Å².